The highest BCUT2D eigenvalue weighted by Gasteiger charge is 2.35. The molecule has 0 aromatic heterocycles. The van der Waals surface area contributed by atoms with E-state index in [-0.39, 0.29) is 5.97 Å². The molecule has 1 rings (SSSR count). The summed E-state index contributed by atoms with van der Waals surface area (Å²) < 4.78 is 5.99. The minimum Gasteiger partial charge on any atom is -0.468 e. The zero-order chi connectivity index (χ0) is 15.2. The third kappa shape index (κ3) is 5.11. The van der Waals surface area contributed by atoms with Gasteiger partial charge in [-0.05, 0) is 38.1 Å². The number of likely N-dealkylation sites (N-methyl/N-ethyl adjacent to an activating group) is 1. The van der Waals surface area contributed by atoms with Crippen LogP contribution in [-0.4, -0.2) is 30.4 Å². The second kappa shape index (κ2) is 8.05. The average Bonchev–Trinajstić information content (AvgIpc) is 2.37. The van der Waals surface area contributed by atoms with Gasteiger partial charge in [0.2, 0.25) is 0 Å². The van der Waals surface area contributed by atoms with Crippen molar-refractivity contribution in [1.29, 1.82) is 0 Å². The predicted molar refractivity (Wildman–Crippen MR) is 88.2 cm³/mol. The van der Waals surface area contributed by atoms with Gasteiger partial charge in [0.25, 0.3) is 0 Å². The Labute approximate surface area is 134 Å². The zero-order valence-electron chi connectivity index (χ0n) is 12.4. The summed E-state index contributed by atoms with van der Waals surface area (Å²) in [5, 5.41) is 3.54. The van der Waals surface area contributed by atoms with Crippen LogP contribution >= 0.6 is 27.7 Å². The van der Waals surface area contributed by atoms with Gasteiger partial charge in [0.1, 0.15) is 5.54 Å². The Balaban J connectivity index is 2.71. The number of hydrogen-bond acceptors (Lipinski definition) is 4. The quantitative estimate of drug-likeness (QED) is 0.592. The Bertz CT molecular complexity index is 455. The van der Waals surface area contributed by atoms with Crippen LogP contribution < -0.4 is 5.32 Å². The van der Waals surface area contributed by atoms with Gasteiger partial charge in [0.15, 0.2) is 0 Å². The number of carbonyl (C=O) groups excluding carboxylic acids is 1. The van der Waals surface area contributed by atoms with Crippen molar-refractivity contribution >= 4 is 33.7 Å². The molecule has 0 amide bonds. The van der Waals surface area contributed by atoms with E-state index in [9.17, 15) is 4.79 Å². The fraction of sp³-hybridized carbons (Fsp3) is 0.533. The topological polar surface area (TPSA) is 38.3 Å². The third-order valence-corrected chi connectivity index (χ3v) is 4.62. The van der Waals surface area contributed by atoms with Gasteiger partial charge in [-0.15, -0.1) is 11.8 Å². The molecule has 0 radical (unpaired) electrons. The highest BCUT2D eigenvalue weighted by Crippen LogP contribution is 2.30. The molecule has 0 spiro atoms. The number of halogens is 1. The van der Waals surface area contributed by atoms with Gasteiger partial charge in [-0.2, -0.15) is 0 Å². The Hall–Kier alpha value is -0.520. The molecule has 0 bridgehead atoms. The number of rotatable bonds is 7. The Morgan fingerprint density at radius 2 is 2.25 bits per heavy atom. The average molecular weight is 360 g/mol. The van der Waals surface area contributed by atoms with Crippen LogP contribution in [0.2, 0.25) is 0 Å². The molecule has 0 aliphatic rings. The van der Waals surface area contributed by atoms with Gasteiger partial charge in [0, 0.05) is 14.6 Å². The lowest BCUT2D eigenvalue weighted by Crippen LogP contribution is -2.51. The van der Waals surface area contributed by atoms with Crippen molar-refractivity contribution in [3.63, 3.8) is 0 Å². The van der Waals surface area contributed by atoms with E-state index in [1.807, 2.05) is 26.0 Å². The van der Waals surface area contributed by atoms with E-state index in [0.29, 0.717) is 11.7 Å². The van der Waals surface area contributed by atoms with Crippen molar-refractivity contribution in [2.75, 3.05) is 13.7 Å². The van der Waals surface area contributed by atoms with Gasteiger partial charge in [-0.1, -0.05) is 35.8 Å². The molecule has 1 aromatic carbocycles. The van der Waals surface area contributed by atoms with Crippen LogP contribution in [-0.2, 0) is 9.53 Å². The highest BCUT2D eigenvalue weighted by atomic mass is 79.9. The number of carbonyl (C=O) groups is 1. The number of thioether (sulfide) groups is 1. The number of nitrogens with one attached hydrogen (secondary N) is 1. The number of benzene rings is 1. The van der Waals surface area contributed by atoms with Crippen LogP contribution in [0.15, 0.2) is 33.6 Å². The molecule has 0 saturated carbocycles. The third-order valence-electron chi connectivity index (χ3n) is 3.03. The summed E-state index contributed by atoms with van der Waals surface area (Å²) in [7, 11) is 1.43. The summed E-state index contributed by atoms with van der Waals surface area (Å²) >= 11 is 5.23. The first-order valence-corrected chi connectivity index (χ1v) is 8.34. The van der Waals surface area contributed by atoms with Gasteiger partial charge in [-0.25, -0.2) is 0 Å². The Morgan fingerprint density at radius 3 is 2.80 bits per heavy atom. The number of ether oxygens (including phenoxy) is 1. The summed E-state index contributed by atoms with van der Waals surface area (Å²) in [5.41, 5.74) is -0.637. The number of esters is 1. The first-order valence-electron chi connectivity index (χ1n) is 6.67. The smallest absolute Gasteiger partial charge is 0.325 e. The molecule has 0 fully saturated rings. The zero-order valence-corrected chi connectivity index (χ0v) is 14.8. The van der Waals surface area contributed by atoms with E-state index in [1.165, 1.54) is 12.0 Å². The van der Waals surface area contributed by atoms with Crippen LogP contribution in [0.4, 0.5) is 0 Å². The molecule has 3 nitrogen and oxygen atoms in total. The van der Waals surface area contributed by atoms with Crippen molar-refractivity contribution in [3.05, 3.63) is 28.7 Å². The van der Waals surface area contributed by atoms with E-state index >= 15 is 0 Å². The summed E-state index contributed by atoms with van der Waals surface area (Å²) in [5.74, 6) is -0.207. The van der Waals surface area contributed by atoms with Gasteiger partial charge < -0.3 is 10.1 Å². The molecule has 0 heterocycles. The van der Waals surface area contributed by atoms with E-state index in [1.54, 1.807) is 11.8 Å². The molecular formula is C15H22BrNO2S. The fourth-order valence-corrected chi connectivity index (χ4v) is 4.02. The Kier molecular flexibility index (Phi) is 7.06. The molecule has 112 valence electrons. The molecule has 0 aliphatic heterocycles. The minimum atomic E-state index is -0.637. The maximum Gasteiger partial charge on any atom is 0.325 e. The van der Waals surface area contributed by atoms with Crippen LogP contribution in [0.1, 0.15) is 27.2 Å². The van der Waals surface area contributed by atoms with Gasteiger partial charge >= 0.3 is 5.97 Å². The monoisotopic (exact) mass is 359 g/mol. The number of hydrogen-bond donors (Lipinski definition) is 1. The lowest BCUT2D eigenvalue weighted by Gasteiger charge is -2.30. The lowest BCUT2D eigenvalue weighted by molar-refractivity contribution is -0.148. The van der Waals surface area contributed by atoms with Crippen LogP contribution in [0, 0.1) is 0 Å². The molecular weight excluding hydrogens is 338 g/mol. The molecule has 1 N–H and O–H groups in total. The van der Waals surface area contributed by atoms with E-state index < -0.39 is 5.54 Å². The van der Waals surface area contributed by atoms with Crippen molar-refractivity contribution in [1.82, 2.24) is 5.32 Å². The Morgan fingerprint density at radius 1 is 1.55 bits per heavy atom. The fourth-order valence-electron chi connectivity index (χ4n) is 2.23. The summed E-state index contributed by atoms with van der Waals surface area (Å²) in [6.07, 6.45) is 0.713. The molecule has 0 aliphatic carbocycles. The minimum absolute atomic E-state index is 0.207. The molecule has 2 atom stereocenters. The van der Waals surface area contributed by atoms with Crippen molar-refractivity contribution < 1.29 is 9.53 Å². The standard InChI is InChI=1S/C15H22BrNO2S/c1-5-17-15(3,14(18)19-4)10-11(2)20-13-8-6-7-12(16)9-13/h6-9,11,17H,5,10H2,1-4H3. The lowest BCUT2D eigenvalue weighted by atomic mass is 9.96. The predicted octanol–water partition coefficient (Wildman–Crippen LogP) is 3.86. The maximum atomic E-state index is 12.0. The van der Waals surface area contributed by atoms with Crippen LogP contribution in [0.25, 0.3) is 0 Å². The van der Waals surface area contributed by atoms with Crippen molar-refractivity contribution in [3.8, 4) is 0 Å². The second-order valence-corrected chi connectivity index (χ2v) is 7.37. The van der Waals surface area contributed by atoms with E-state index in [2.05, 4.69) is 40.3 Å². The van der Waals surface area contributed by atoms with Gasteiger partial charge in [-0.3, -0.25) is 4.79 Å². The molecule has 0 saturated heterocycles. The molecule has 20 heavy (non-hydrogen) atoms. The van der Waals surface area contributed by atoms with Crippen LogP contribution in [0.3, 0.4) is 0 Å². The SMILES string of the molecule is CCNC(C)(CC(C)Sc1cccc(Br)c1)C(=O)OC. The van der Waals surface area contributed by atoms with Crippen molar-refractivity contribution in [2.45, 2.75) is 42.9 Å². The summed E-state index contributed by atoms with van der Waals surface area (Å²) in [4.78, 5) is 13.2. The van der Waals surface area contributed by atoms with Crippen LogP contribution in [0.5, 0.6) is 0 Å². The molecule has 5 heteroatoms. The highest BCUT2D eigenvalue weighted by molar-refractivity contribution is 9.10. The first-order chi connectivity index (χ1) is 9.41. The normalized spacial score (nSPS) is 15.4. The largest absolute Gasteiger partial charge is 0.468 e. The molecule has 1 aromatic rings. The second-order valence-electron chi connectivity index (χ2n) is 4.94. The maximum absolute atomic E-state index is 12.0. The first kappa shape index (κ1) is 17.5. The number of methoxy groups -OCH3 is 1. The van der Waals surface area contributed by atoms with E-state index in [0.717, 1.165) is 11.0 Å². The summed E-state index contributed by atoms with van der Waals surface area (Å²) in [6.45, 7) is 6.76. The summed E-state index contributed by atoms with van der Waals surface area (Å²) in [6, 6.07) is 8.19. The molecule has 2 unspecified atom stereocenters. The van der Waals surface area contributed by atoms with Gasteiger partial charge in [0.05, 0.1) is 7.11 Å². The van der Waals surface area contributed by atoms with Crippen molar-refractivity contribution in [2.24, 2.45) is 0 Å². The van der Waals surface area contributed by atoms with E-state index in [4.69, 9.17) is 4.74 Å².